The molecule has 0 saturated carbocycles. The van der Waals surface area contributed by atoms with Crippen LogP contribution in [-0.4, -0.2) is 40.4 Å². The molecule has 4 amide bonds. The van der Waals surface area contributed by atoms with Crippen molar-refractivity contribution in [1.82, 2.24) is 4.90 Å². The number of rotatable bonds is 3. The van der Waals surface area contributed by atoms with Crippen LogP contribution in [0.2, 0.25) is 0 Å². The van der Waals surface area contributed by atoms with Gasteiger partial charge >= 0.3 is 12.0 Å². The van der Waals surface area contributed by atoms with Crippen LogP contribution in [0.3, 0.4) is 0 Å². The summed E-state index contributed by atoms with van der Waals surface area (Å²) < 4.78 is 0. The number of hydrogen-bond donors (Lipinski definition) is 1. The highest BCUT2D eigenvalue weighted by Gasteiger charge is 2.37. The minimum Gasteiger partial charge on any atom is -0.478 e. The number of nitrogens with zero attached hydrogens (tertiary/aromatic N) is 2. The zero-order valence-electron chi connectivity index (χ0n) is 10.7. The van der Waals surface area contributed by atoms with Crippen molar-refractivity contribution in [2.75, 3.05) is 11.4 Å². The lowest BCUT2D eigenvalue weighted by atomic mass is 10.1. The summed E-state index contributed by atoms with van der Waals surface area (Å²) in [7, 11) is 0. The molecule has 0 bridgehead atoms. The molecule has 1 saturated heterocycles. The quantitative estimate of drug-likeness (QED) is 0.834. The van der Waals surface area contributed by atoms with Gasteiger partial charge in [-0.2, -0.15) is 0 Å². The average Bonchev–Trinajstić information content (AvgIpc) is 2.39. The van der Waals surface area contributed by atoms with Gasteiger partial charge in [-0.05, 0) is 31.2 Å². The van der Waals surface area contributed by atoms with Gasteiger partial charge in [0, 0.05) is 6.54 Å². The Balaban J connectivity index is 2.35. The number of amides is 4. The Kier molecular flexibility index (Phi) is 3.51. The molecule has 2 rings (SSSR count). The summed E-state index contributed by atoms with van der Waals surface area (Å²) in [5, 5.41) is 8.80. The van der Waals surface area contributed by atoms with Crippen LogP contribution >= 0.6 is 0 Å². The van der Waals surface area contributed by atoms with Crippen molar-refractivity contribution in [3.05, 3.63) is 29.8 Å². The number of hydrogen-bond acceptors (Lipinski definition) is 4. The van der Waals surface area contributed by atoms with Crippen molar-refractivity contribution in [1.29, 1.82) is 0 Å². The van der Waals surface area contributed by atoms with E-state index in [-0.39, 0.29) is 24.2 Å². The van der Waals surface area contributed by atoms with Crippen LogP contribution in [0.4, 0.5) is 10.5 Å². The molecule has 0 atom stereocenters. The van der Waals surface area contributed by atoms with Crippen LogP contribution < -0.4 is 4.90 Å². The van der Waals surface area contributed by atoms with Crippen molar-refractivity contribution in [3.8, 4) is 0 Å². The summed E-state index contributed by atoms with van der Waals surface area (Å²) in [4.78, 5) is 48.1. The van der Waals surface area contributed by atoms with Gasteiger partial charge in [-0.15, -0.1) is 0 Å². The number of anilines is 1. The number of carbonyl (C=O) groups is 4. The van der Waals surface area contributed by atoms with Crippen molar-refractivity contribution in [2.24, 2.45) is 0 Å². The first-order chi connectivity index (χ1) is 9.45. The van der Waals surface area contributed by atoms with Crippen molar-refractivity contribution in [3.63, 3.8) is 0 Å². The lowest BCUT2D eigenvalue weighted by molar-refractivity contribution is -0.134. The van der Waals surface area contributed by atoms with E-state index in [1.807, 2.05) is 0 Å². The second-order valence-corrected chi connectivity index (χ2v) is 4.18. The van der Waals surface area contributed by atoms with Crippen LogP contribution in [0.5, 0.6) is 0 Å². The highest BCUT2D eigenvalue weighted by molar-refractivity contribution is 6.26. The molecule has 1 aromatic rings. The Morgan fingerprint density at radius 3 is 2.25 bits per heavy atom. The zero-order chi connectivity index (χ0) is 14.9. The van der Waals surface area contributed by atoms with Gasteiger partial charge in [0.05, 0.1) is 11.3 Å². The summed E-state index contributed by atoms with van der Waals surface area (Å²) >= 11 is 0. The van der Waals surface area contributed by atoms with E-state index in [1.54, 1.807) is 6.92 Å². The summed E-state index contributed by atoms with van der Waals surface area (Å²) in [6.07, 6.45) is -0.375. The van der Waals surface area contributed by atoms with Crippen LogP contribution in [0.15, 0.2) is 24.3 Å². The maximum atomic E-state index is 12.1. The molecule has 0 radical (unpaired) electrons. The Bertz CT molecular complexity index is 593. The Hall–Kier alpha value is -2.70. The topological polar surface area (TPSA) is 95.0 Å². The van der Waals surface area contributed by atoms with E-state index in [2.05, 4.69) is 0 Å². The molecule has 1 aliphatic rings. The monoisotopic (exact) mass is 276 g/mol. The predicted octanol–water partition coefficient (Wildman–Crippen LogP) is 1.09. The van der Waals surface area contributed by atoms with E-state index in [4.69, 9.17) is 5.11 Å². The van der Waals surface area contributed by atoms with E-state index < -0.39 is 23.8 Å². The lowest BCUT2D eigenvalue weighted by Gasteiger charge is -2.31. The number of aromatic carboxylic acids is 1. The second kappa shape index (κ2) is 5.12. The van der Waals surface area contributed by atoms with E-state index in [9.17, 15) is 19.2 Å². The second-order valence-electron chi connectivity index (χ2n) is 4.18. The molecular formula is C13H12N2O5. The largest absolute Gasteiger partial charge is 0.478 e. The first-order valence-electron chi connectivity index (χ1n) is 5.96. The highest BCUT2D eigenvalue weighted by atomic mass is 16.4. The van der Waals surface area contributed by atoms with Gasteiger partial charge in [0.15, 0.2) is 0 Å². The Morgan fingerprint density at radius 2 is 1.75 bits per heavy atom. The first-order valence-corrected chi connectivity index (χ1v) is 5.96. The summed E-state index contributed by atoms with van der Waals surface area (Å²) in [5.41, 5.74) is 0.296. The maximum absolute atomic E-state index is 12.1. The third-order valence-electron chi connectivity index (χ3n) is 2.96. The normalized spacial score (nSPS) is 15.8. The average molecular weight is 276 g/mol. The van der Waals surface area contributed by atoms with Crippen LogP contribution in [0.1, 0.15) is 23.7 Å². The van der Waals surface area contributed by atoms with Gasteiger partial charge in [-0.1, -0.05) is 0 Å². The number of imide groups is 2. The minimum atomic E-state index is -1.10. The van der Waals surface area contributed by atoms with Gasteiger partial charge in [0.1, 0.15) is 6.42 Å². The predicted molar refractivity (Wildman–Crippen MR) is 68.3 cm³/mol. The fourth-order valence-corrected chi connectivity index (χ4v) is 1.96. The smallest absolute Gasteiger partial charge is 0.338 e. The number of carboxylic acid groups (broad SMARTS) is 1. The fourth-order valence-electron chi connectivity index (χ4n) is 1.96. The van der Waals surface area contributed by atoms with Crippen LogP contribution in [-0.2, 0) is 9.59 Å². The molecule has 20 heavy (non-hydrogen) atoms. The van der Waals surface area contributed by atoms with Crippen molar-refractivity contribution >= 4 is 29.5 Å². The van der Waals surface area contributed by atoms with Crippen LogP contribution in [0, 0.1) is 0 Å². The molecule has 7 nitrogen and oxygen atoms in total. The zero-order valence-corrected chi connectivity index (χ0v) is 10.7. The van der Waals surface area contributed by atoms with Gasteiger partial charge in [-0.3, -0.25) is 14.5 Å². The van der Waals surface area contributed by atoms with Crippen molar-refractivity contribution in [2.45, 2.75) is 13.3 Å². The maximum Gasteiger partial charge on any atom is 0.338 e. The molecular weight excluding hydrogens is 264 g/mol. The molecule has 104 valence electrons. The third kappa shape index (κ3) is 2.25. The van der Waals surface area contributed by atoms with Gasteiger partial charge in [-0.25, -0.2) is 14.5 Å². The number of carboxylic acids is 1. The molecule has 0 aromatic heterocycles. The summed E-state index contributed by atoms with van der Waals surface area (Å²) in [6, 6.07) is 4.61. The third-order valence-corrected chi connectivity index (χ3v) is 2.96. The molecule has 0 unspecified atom stereocenters. The molecule has 0 spiro atoms. The number of urea groups is 1. The molecule has 7 heteroatoms. The molecule has 1 aromatic carbocycles. The number of barbiturate groups is 1. The number of carbonyl (C=O) groups excluding carboxylic acids is 3. The molecule has 1 N–H and O–H groups in total. The molecule has 1 heterocycles. The lowest BCUT2D eigenvalue weighted by Crippen LogP contribution is -2.55. The fraction of sp³-hybridized carbons (Fsp3) is 0.231. The standard InChI is InChI=1S/C13H12N2O5/c1-2-14-10(16)7-11(17)15(13(14)20)9-5-3-8(4-6-9)12(18)19/h3-6H,2,7H2,1H3,(H,18,19). The highest BCUT2D eigenvalue weighted by Crippen LogP contribution is 2.22. The minimum absolute atomic E-state index is 0.0501. The van der Waals surface area contributed by atoms with Crippen LogP contribution in [0.25, 0.3) is 0 Å². The Morgan fingerprint density at radius 1 is 1.15 bits per heavy atom. The van der Waals surface area contributed by atoms with Gasteiger partial charge in [0.25, 0.3) is 0 Å². The SMILES string of the molecule is CCN1C(=O)CC(=O)N(c2ccc(C(=O)O)cc2)C1=O. The molecule has 1 aliphatic heterocycles. The van der Waals surface area contributed by atoms with Gasteiger partial charge < -0.3 is 5.11 Å². The summed E-state index contributed by atoms with van der Waals surface area (Å²) in [6.45, 7) is 1.81. The van der Waals surface area contributed by atoms with E-state index in [1.165, 1.54) is 24.3 Å². The van der Waals surface area contributed by atoms with E-state index in [0.717, 1.165) is 9.80 Å². The van der Waals surface area contributed by atoms with E-state index >= 15 is 0 Å². The van der Waals surface area contributed by atoms with Crippen molar-refractivity contribution < 1.29 is 24.3 Å². The summed E-state index contributed by atoms with van der Waals surface area (Å²) in [5.74, 6) is -2.24. The molecule has 1 fully saturated rings. The van der Waals surface area contributed by atoms with Gasteiger partial charge in [0.2, 0.25) is 11.8 Å². The number of benzene rings is 1. The Labute approximate surface area is 114 Å². The van der Waals surface area contributed by atoms with E-state index in [0.29, 0.717) is 0 Å². The molecule has 0 aliphatic carbocycles. The first kappa shape index (κ1) is 13.7.